The molecule has 0 bridgehead atoms. The van der Waals surface area contributed by atoms with Crippen molar-refractivity contribution in [3.8, 4) is 11.3 Å². The minimum atomic E-state index is -0.310. The van der Waals surface area contributed by atoms with E-state index in [0.717, 1.165) is 5.56 Å². The standard InChI is InChI=1S/C12H11NO2S/c1-2-15-12(14)10-8-16-13-11(10)9-6-4-3-5-7-9/h3-8H,2H2,1H3. The molecular formula is C12H11NO2S. The van der Waals surface area contributed by atoms with Crippen LogP contribution in [0.4, 0.5) is 0 Å². The van der Waals surface area contributed by atoms with E-state index in [0.29, 0.717) is 17.9 Å². The molecule has 0 atom stereocenters. The molecule has 2 aromatic rings. The topological polar surface area (TPSA) is 39.2 Å². The van der Waals surface area contributed by atoms with Gasteiger partial charge in [-0.05, 0) is 18.5 Å². The second-order valence-corrected chi connectivity index (χ2v) is 3.79. The minimum Gasteiger partial charge on any atom is -0.462 e. The summed E-state index contributed by atoms with van der Waals surface area (Å²) in [5, 5.41) is 1.72. The molecule has 1 heterocycles. The number of carbonyl (C=O) groups is 1. The molecule has 0 saturated heterocycles. The van der Waals surface area contributed by atoms with Gasteiger partial charge in [0, 0.05) is 10.9 Å². The summed E-state index contributed by atoms with van der Waals surface area (Å²) in [5.74, 6) is -0.310. The third-order valence-corrected chi connectivity index (χ3v) is 2.74. The molecular weight excluding hydrogens is 222 g/mol. The molecule has 0 amide bonds. The predicted octanol–water partition coefficient (Wildman–Crippen LogP) is 2.99. The predicted molar refractivity (Wildman–Crippen MR) is 63.5 cm³/mol. The second-order valence-electron chi connectivity index (χ2n) is 3.16. The molecule has 82 valence electrons. The van der Waals surface area contributed by atoms with Crippen LogP contribution in [-0.2, 0) is 4.74 Å². The number of hydrogen-bond acceptors (Lipinski definition) is 4. The van der Waals surface area contributed by atoms with E-state index in [1.807, 2.05) is 30.3 Å². The van der Waals surface area contributed by atoms with Crippen LogP contribution in [0.25, 0.3) is 11.3 Å². The largest absolute Gasteiger partial charge is 0.462 e. The van der Waals surface area contributed by atoms with Crippen LogP contribution in [-0.4, -0.2) is 16.9 Å². The first-order valence-corrected chi connectivity index (χ1v) is 5.83. The number of esters is 1. The van der Waals surface area contributed by atoms with Crippen molar-refractivity contribution < 1.29 is 9.53 Å². The van der Waals surface area contributed by atoms with Crippen molar-refractivity contribution in [1.29, 1.82) is 0 Å². The summed E-state index contributed by atoms with van der Waals surface area (Å²) < 4.78 is 9.21. The fourth-order valence-corrected chi connectivity index (χ4v) is 2.07. The van der Waals surface area contributed by atoms with Gasteiger partial charge in [0.25, 0.3) is 0 Å². The highest BCUT2D eigenvalue weighted by molar-refractivity contribution is 7.04. The molecule has 0 spiro atoms. The fraction of sp³-hybridized carbons (Fsp3) is 0.167. The average Bonchev–Trinajstić information content (AvgIpc) is 2.79. The van der Waals surface area contributed by atoms with Gasteiger partial charge in [-0.15, -0.1) is 0 Å². The van der Waals surface area contributed by atoms with Crippen LogP contribution in [0.1, 0.15) is 17.3 Å². The highest BCUT2D eigenvalue weighted by Gasteiger charge is 2.16. The van der Waals surface area contributed by atoms with E-state index in [2.05, 4.69) is 4.37 Å². The number of nitrogens with zero attached hydrogens (tertiary/aromatic N) is 1. The first-order valence-electron chi connectivity index (χ1n) is 5.00. The van der Waals surface area contributed by atoms with Gasteiger partial charge < -0.3 is 4.74 Å². The Hall–Kier alpha value is -1.68. The highest BCUT2D eigenvalue weighted by Crippen LogP contribution is 2.24. The van der Waals surface area contributed by atoms with E-state index >= 15 is 0 Å². The number of rotatable bonds is 3. The lowest BCUT2D eigenvalue weighted by molar-refractivity contribution is 0.0527. The third kappa shape index (κ3) is 2.12. The van der Waals surface area contributed by atoms with Crippen LogP contribution in [0.3, 0.4) is 0 Å². The van der Waals surface area contributed by atoms with Gasteiger partial charge in [0.15, 0.2) is 0 Å². The number of hydrogen-bond donors (Lipinski definition) is 0. The van der Waals surface area contributed by atoms with Gasteiger partial charge in [0.05, 0.1) is 17.9 Å². The van der Waals surface area contributed by atoms with Crippen molar-refractivity contribution in [2.24, 2.45) is 0 Å². The zero-order chi connectivity index (χ0) is 11.4. The Balaban J connectivity index is 2.37. The summed E-state index contributed by atoms with van der Waals surface area (Å²) in [6.07, 6.45) is 0. The van der Waals surface area contributed by atoms with Crippen molar-refractivity contribution in [1.82, 2.24) is 4.37 Å². The van der Waals surface area contributed by atoms with Crippen molar-refractivity contribution in [2.75, 3.05) is 6.61 Å². The summed E-state index contributed by atoms with van der Waals surface area (Å²) in [6.45, 7) is 2.17. The van der Waals surface area contributed by atoms with Crippen molar-refractivity contribution in [3.63, 3.8) is 0 Å². The van der Waals surface area contributed by atoms with E-state index in [1.165, 1.54) is 11.5 Å². The van der Waals surface area contributed by atoms with Gasteiger partial charge in [-0.1, -0.05) is 30.3 Å². The van der Waals surface area contributed by atoms with Crippen molar-refractivity contribution in [2.45, 2.75) is 6.92 Å². The smallest absolute Gasteiger partial charge is 0.341 e. The summed E-state index contributed by atoms with van der Waals surface area (Å²) in [4.78, 5) is 11.6. The highest BCUT2D eigenvalue weighted by atomic mass is 32.1. The lowest BCUT2D eigenvalue weighted by atomic mass is 10.1. The molecule has 2 rings (SSSR count). The van der Waals surface area contributed by atoms with E-state index in [9.17, 15) is 4.79 Å². The number of aromatic nitrogens is 1. The van der Waals surface area contributed by atoms with E-state index < -0.39 is 0 Å². The maximum atomic E-state index is 11.6. The van der Waals surface area contributed by atoms with Crippen LogP contribution in [0.15, 0.2) is 35.7 Å². The van der Waals surface area contributed by atoms with Gasteiger partial charge in [-0.2, -0.15) is 4.37 Å². The zero-order valence-corrected chi connectivity index (χ0v) is 9.66. The number of benzene rings is 1. The molecule has 0 fully saturated rings. The first-order chi connectivity index (χ1) is 7.83. The number of carbonyl (C=O) groups excluding carboxylic acids is 1. The van der Waals surface area contributed by atoms with Crippen LogP contribution in [0.5, 0.6) is 0 Å². The lowest BCUT2D eigenvalue weighted by Gasteiger charge is -2.02. The Morgan fingerprint density at radius 1 is 1.38 bits per heavy atom. The lowest BCUT2D eigenvalue weighted by Crippen LogP contribution is -2.04. The van der Waals surface area contributed by atoms with Crippen LogP contribution >= 0.6 is 11.5 Å². The minimum absolute atomic E-state index is 0.310. The van der Waals surface area contributed by atoms with E-state index in [1.54, 1.807) is 12.3 Å². The molecule has 0 aliphatic rings. The van der Waals surface area contributed by atoms with Gasteiger partial charge >= 0.3 is 5.97 Å². The molecule has 1 aromatic carbocycles. The molecule has 0 N–H and O–H groups in total. The Morgan fingerprint density at radius 2 is 2.12 bits per heavy atom. The monoisotopic (exact) mass is 233 g/mol. The summed E-state index contributed by atoms with van der Waals surface area (Å²) in [5.41, 5.74) is 2.17. The maximum absolute atomic E-state index is 11.6. The Labute approximate surface area is 97.9 Å². The first kappa shape index (κ1) is 10.8. The molecule has 0 aliphatic carbocycles. The molecule has 0 radical (unpaired) electrons. The van der Waals surface area contributed by atoms with Gasteiger partial charge in [-0.25, -0.2) is 4.79 Å². The van der Waals surface area contributed by atoms with Crippen LogP contribution < -0.4 is 0 Å². The van der Waals surface area contributed by atoms with E-state index in [4.69, 9.17) is 4.74 Å². The molecule has 0 saturated carbocycles. The molecule has 4 heteroatoms. The average molecular weight is 233 g/mol. The van der Waals surface area contributed by atoms with E-state index in [-0.39, 0.29) is 5.97 Å². The van der Waals surface area contributed by atoms with Crippen LogP contribution in [0, 0.1) is 0 Å². The van der Waals surface area contributed by atoms with Crippen molar-refractivity contribution >= 4 is 17.5 Å². The van der Waals surface area contributed by atoms with Crippen LogP contribution in [0.2, 0.25) is 0 Å². The zero-order valence-electron chi connectivity index (χ0n) is 8.84. The Kier molecular flexibility index (Phi) is 3.31. The summed E-state index contributed by atoms with van der Waals surface area (Å²) in [7, 11) is 0. The SMILES string of the molecule is CCOC(=O)c1csnc1-c1ccccc1. The summed E-state index contributed by atoms with van der Waals surface area (Å²) >= 11 is 1.26. The summed E-state index contributed by atoms with van der Waals surface area (Å²) in [6, 6.07) is 9.63. The van der Waals surface area contributed by atoms with Gasteiger partial charge in [0.1, 0.15) is 0 Å². The van der Waals surface area contributed by atoms with Crippen molar-refractivity contribution in [3.05, 3.63) is 41.3 Å². The fourth-order valence-electron chi connectivity index (χ4n) is 1.39. The quantitative estimate of drug-likeness (QED) is 0.765. The molecule has 1 aromatic heterocycles. The third-order valence-electron chi connectivity index (χ3n) is 2.11. The van der Waals surface area contributed by atoms with Gasteiger partial charge in [0.2, 0.25) is 0 Å². The second kappa shape index (κ2) is 4.90. The van der Waals surface area contributed by atoms with Gasteiger partial charge in [-0.3, -0.25) is 0 Å². The molecule has 0 unspecified atom stereocenters. The Bertz CT molecular complexity index is 479. The molecule has 3 nitrogen and oxygen atoms in total. The maximum Gasteiger partial charge on any atom is 0.341 e. The molecule has 0 aliphatic heterocycles. The number of ether oxygens (including phenoxy) is 1. The Morgan fingerprint density at radius 3 is 2.81 bits per heavy atom. The normalized spacial score (nSPS) is 10.1. The molecule has 16 heavy (non-hydrogen) atoms.